The summed E-state index contributed by atoms with van der Waals surface area (Å²) in [5.41, 5.74) is 7.69. The van der Waals surface area contributed by atoms with Gasteiger partial charge in [0.1, 0.15) is 4.92 Å². The van der Waals surface area contributed by atoms with Gasteiger partial charge in [-0.25, -0.2) is 5.43 Å². The van der Waals surface area contributed by atoms with E-state index < -0.39 is 10.8 Å². The first-order valence-corrected chi connectivity index (χ1v) is 4.79. The molecule has 0 aliphatic heterocycles. The van der Waals surface area contributed by atoms with Crippen molar-refractivity contribution in [2.45, 2.75) is 13.8 Å². The standard InChI is InChI=1S/C9H12N4O4/c1-5(2)9(14)12-11-8(10)6-3-4-7(17-6)13(15)16/h3-5H,1-2H3,(H2,10,11)(H,12,14). The molecule has 0 aliphatic carbocycles. The zero-order valence-electron chi connectivity index (χ0n) is 9.34. The van der Waals surface area contributed by atoms with Crippen molar-refractivity contribution in [3.8, 4) is 0 Å². The third kappa shape index (κ3) is 3.30. The fraction of sp³-hybridized carbons (Fsp3) is 0.333. The van der Waals surface area contributed by atoms with Crippen molar-refractivity contribution in [1.29, 1.82) is 0 Å². The zero-order chi connectivity index (χ0) is 13.0. The topological polar surface area (TPSA) is 124 Å². The predicted octanol–water partition coefficient (Wildman–Crippen LogP) is 0.580. The summed E-state index contributed by atoms with van der Waals surface area (Å²) in [6, 6.07) is 2.46. The Bertz CT molecular complexity index is 463. The lowest BCUT2D eigenvalue weighted by Crippen LogP contribution is -2.26. The van der Waals surface area contributed by atoms with Gasteiger partial charge < -0.3 is 10.2 Å². The van der Waals surface area contributed by atoms with E-state index in [-0.39, 0.29) is 23.4 Å². The molecule has 1 aromatic rings. The number of hydrogen-bond acceptors (Lipinski definition) is 5. The fourth-order valence-corrected chi connectivity index (χ4v) is 0.863. The number of nitro groups is 1. The first-order valence-electron chi connectivity index (χ1n) is 4.79. The second kappa shape index (κ2) is 5.10. The van der Waals surface area contributed by atoms with E-state index in [0.717, 1.165) is 6.07 Å². The van der Waals surface area contributed by atoms with Crippen LogP contribution in [0.25, 0.3) is 0 Å². The Morgan fingerprint density at radius 2 is 2.24 bits per heavy atom. The Balaban J connectivity index is 2.74. The van der Waals surface area contributed by atoms with Crippen LogP contribution in [0.1, 0.15) is 19.6 Å². The summed E-state index contributed by atoms with van der Waals surface area (Å²) in [6.45, 7) is 3.39. The number of nitrogens with zero attached hydrogens (tertiary/aromatic N) is 2. The van der Waals surface area contributed by atoms with Crippen LogP contribution in [-0.4, -0.2) is 16.7 Å². The second-order valence-corrected chi connectivity index (χ2v) is 3.52. The van der Waals surface area contributed by atoms with Crippen molar-refractivity contribution in [2.75, 3.05) is 0 Å². The number of carbonyl (C=O) groups is 1. The molecule has 0 saturated heterocycles. The summed E-state index contributed by atoms with van der Waals surface area (Å²) in [5.74, 6) is -1.09. The van der Waals surface area contributed by atoms with E-state index in [1.807, 2.05) is 0 Å². The van der Waals surface area contributed by atoms with E-state index >= 15 is 0 Å². The molecule has 3 N–H and O–H groups in total. The molecule has 0 atom stereocenters. The van der Waals surface area contributed by atoms with Crippen LogP contribution in [0.15, 0.2) is 21.7 Å². The molecular weight excluding hydrogens is 228 g/mol. The van der Waals surface area contributed by atoms with Crippen LogP contribution in [0, 0.1) is 16.0 Å². The highest BCUT2D eigenvalue weighted by molar-refractivity contribution is 5.95. The molecule has 0 unspecified atom stereocenters. The van der Waals surface area contributed by atoms with Gasteiger partial charge in [-0.3, -0.25) is 14.9 Å². The molecule has 0 aliphatic rings. The van der Waals surface area contributed by atoms with Gasteiger partial charge in [-0.2, -0.15) is 5.10 Å². The summed E-state index contributed by atoms with van der Waals surface area (Å²) in [7, 11) is 0. The molecule has 1 amide bonds. The maximum Gasteiger partial charge on any atom is 0.433 e. The number of furan rings is 1. The van der Waals surface area contributed by atoms with Gasteiger partial charge in [-0.1, -0.05) is 13.8 Å². The molecule has 1 aromatic heterocycles. The van der Waals surface area contributed by atoms with Gasteiger partial charge in [0.15, 0.2) is 11.6 Å². The number of nitrogens with two attached hydrogens (primary N) is 1. The molecule has 0 fully saturated rings. The number of hydrazone groups is 1. The van der Waals surface area contributed by atoms with Crippen molar-refractivity contribution in [3.05, 3.63) is 28.0 Å². The maximum absolute atomic E-state index is 11.2. The molecule has 1 heterocycles. The number of rotatable bonds is 4. The molecule has 0 bridgehead atoms. The summed E-state index contributed by atoms with van der Waals surface area (Å²) >= 11 is 0. The highest BCUT2D eigenvalue weighted by Gasteiger charge is 2.14. The second-order valence-electron chi connectivity index (χ2n) is 3.52. The number of amides is 1. The molecule has 0 spiro atoms. The molecule has 1 rings (SSSR count). The average molecular weight is 240 g/mol. The summed E-state index contributed by atoms with van der Waals surface area (Å²) < 4.78 is 4.79. The van der Waals surface area contributed by atoms with Crippen molar-refractivity contribution in [2.24, 2.45) is 16.8 Å². The number of carbonyl (C=O) groups excluding carboxylic acids is 1. The number of nitrogens with one attached hydrogen (secondary N) is 1. The SMILES string of the molecule is CC(C)C(=O)NN=C(N)c1ccc([N+](=O)[O-])o1. The number of amidine groups is 1. The van der Waals surface area contributed by atoms with Gasteiger partial charge in [0.05, 0.1) is 6.07 Å². The Labute approximate surface area is 96.6 Å². The van der Waals surface area contributed by atoms with E-state index in [1.54, 1.807) is 13.8 Å². The van der Waals surface area contributed by atoms with Crippen molar-refractivity contribution in [1.82, 2.24) is 5.43 Å². The molecule has 8 heteroatoms. The van der Waals surface area contributed by atoms with E-state index in [9.17, 15) is 14.9 Å². The molecular formula is C9H12N4O4. The van der Waals surface area contributed by atoms with Crippen molar-refractivity contribution >= 4 is 17.6 Å². The number of hydrogen-bond donors (Lipinski definition) is 2. The van der Waals surface area contributed by atoms with Gasteiger partial charge in [-0.05, 0) is 6.07 Å². The largest absolute Gasteiger partial charge is 0.433 e. The van der Waals surface area contributed by atoms with Crippen LogP contribution in [-0.2, 0) is 4.79 Å². The van der Waals surface area contributed by atoms with Gasteiger partial charge >= 0.3 is 5.88 Å². The maximum atomic E-state index is 11.2. The highest BCUT2D eigenvalue weighted by Crippen LogP contribution is 2.14. The Hall–Kier alpha value is -2.38. The normalized spacial score (nSPS) is 11.6. The minimum Gasteiger partial charge on any atom is -0.397 e. The summed E-state index contributed by atoms with van der Waals surface area (Å²) in [4.78, 5) is 20.8. The molecule has 0 saturated carbocycles. The first-order chi connectivity index (χ1) is 7.91. The van der Waals surface area contributed by atoms with Crippen molar-refractivity contribution < 1.29 is 14.1 Å². The van der Waals surface area contributed by atoms with Crippen LogP contribution >= 0.6 is 0 Å². The zero-order valence-corrected chi connectivity index (χ0v) is 9.34. The van der Waals surface area contributed by atoms with Gasteiger partial charge in [0, 0.05) is 5.92 Å². The Morgan fingerprint density at radius 3 is 2.71 bits per heavy atom. The van der Waals surface area contributed by atoms with Crippen LogP contribution in [0.3, 0.4) is 0 Å². The Kier molecular flexibility index (Phi) is 3.81. The lowest BCUT2D eigenvalue weighted by Gasteiger charge is -2.02. The van der Waals surface area contributed by atoms with Crippen LogP contribution in [0.4, 0.5) is 5.88 Å². The third-order valence-corrected chi connectivity index (χ3v) is 1.84. The summed E-state index contributed by atoms with van der Waals surface area (Å²) in [6.07, 6.45) is 0. The van der Waals surface area contributed by atoms with Crippen LogP contribution in [0.5, 0.6) is 0 Å². The minimum atomic E-state index is -0.691. The van der Waals surface area contributed by atoms with Crippen LogP contribution < -0.4 is 11.2 Å². The molecule has 0 radical (unpaired) electrons. The van der Waals surface area contributed by atoms with E-state index in [4.69, 9.17) is 10.2 Å². The van der Waals surface area contributed by atoms with Gasteiger partial charge in [0.25, 0.3) is 0 Å². The molecule has 8 nitrogen and oxygen atoms in total. The molecule has 0 aromatic carbocycles. The molecule has 17 heavy (non-hydrogen) atoms. The van der Waals surface area contributed by atoms with E-state index in [1.165, 1.54) is 6.07 Å². The minimum absolute atomic E-state index is 0.0285. The lowest BCUT2D eigenvalue weighted by molar-refractivity contribution is -0.402. The smallest absolute Gasteiger partial charge is 0.397 e. The first kappa shape index (κ1) is 12.7. The van der Waals surface area contributed by atoms with E-state index in [2.05, 4.69) is 10.5 Å². The molecule has 92 valence electrons. The lowest BCUT2D eigenvalue weighted by atomic mass is 10.2. The van der Waals surface area contributed by atoms with Crippen LogP contribution in [0.2, 0.25) is 0 Å². The highest BCUT2D eigenvalue weighted by atomic mass is 16.6. The fourth-order valence-electron chi connectivity index (χ4n) is 0.863. The summed E-state index contributed by atoms with van der Waals surface area (Å²) in [5, 5.41) is 13.9. The van der Waals surface area contributed by atoms with Crippen molar-refractivity contribution in [3.63, 3.8) is 0 Å². The Morgan fingerprint density at radius 1 is 1.59 bits per heavy atom. The van der Waals surface area contributed by atoms with Gasteiger partial charge in [-0.15, -0.1) is 0 Å². The third-order valence-electron chi connectivity index (χ3n) is 1.84. The predicted molar refractivity (Wildman–Crippen MR) is 59.1 cm³/mol. The van der Waals surface area contributed by atoms with E-state index in [0.29, 0.717) is 0 Å². The van der Waals surface area contributed by atoms with Gasteiger partial charge in [0.2, 0.25) is 5.91 Å². The quantitative estimate of drug-likeness (QED) is 0.345. The monoisotopic (exact) mass is 240 g/mol. The average Bonchev–Trinajstić information content (AvgIpc) is 2.74.